The first kappa shape index (κ1) is 22.7. The van der Waals surface area contributed by atoms with Gasteiger partial charge in [0.05, 0.1) is 19.6 Å². The molecule has 156 valence electrons. The standard InChI is InChI=1S/C21H31N3O3.ClH/c22-16-21(8-2-1-3-9-21)15-19(25)23-18-6-4-17(5-7-18)14-20(26)24-10-12-27-13-11-24;/h4-7H,1-3,8-16,22H2,(H,23,25);1H. The largest absolute Gasteiger partial charge is 0.378 e. The van der Waals surface area contributed by atoms with E-state index >= 15 is 0 Å². The zero-order valence-electron chi connectivity index (χ0n) is 16.5. The van der Waals surface area contributed by atoms with Gasteiger partial charge in [-0.25, -0.2) is 0 Å². The number of ether oxygens (including phenoxy) is 1. The average Bonchev–Trinajstić information content (AvgIpc) is 2.70. The molecule has 0 spiro atoms. The summed E-state index contributed by atoms with van der Waals surface area (Å²) in [6.07, 6.45) is 6.52. The molecule has 0 atom stereocenters. The van der Waals surface area contributed by atoms with E-state index in [-0.39, 0.29) is 29.6 Å². The first-order chi connectivity index (χ1) is 13.1. The van der Waals surface area contributed by atoms with Crippen molar-refractivity contribution >= 4 is 29.9 Å². The van der Waals surface area contributed by atoms with Crippen LogP contribution in [0.25, 0.3) is 0 Å². The summed E-state index contributed by atoms with van der Waals surface area (Å²) >= 11 is 0. The van der Waals surface area contributed by atoms with Gasteiger partial charge in [0.15, 0.2) is 0 Å². The molecule has 0 unspecified atom stereocenters. The van der Waals surface area contributed by atoms with Crippen LogP contribution in [0, 0.1) is 5.41 Å². The van der Waals surface area contributed by atoms with Gasteiger partial charge in [-0.1, -0.05) is 31.4 Å². The number of benzene rings is 1. The van der Waals surface area contributed by atoms with E-state index in [1.807, 2.05) is 29.2 Å². The highest BCUT2D eigenvalue weighted by atomic mass is 35.5. The lowest BCUT2D eigenvalue weighted by atomic mass is 9.71. The predicted octanol–water partition coefficient (Wildman–Crippen LogP) is 2.75. The number of nitrogens with zero attached hydrogens (tertiary/aromatic N) is 1. The third-order valence-electron chi connectivity index (χ3n) is 5.84. The molecule has 1 aliphatic heterocycles. The van der Waals surface area contributed by atoms with Gasteiger partial charge in [-0.2, -0.15) is 0 Å². The lowest BCUT2D eigenvalue weighted by Gasteiger charge is -2.35. The van der Waals surface area contributed by atoms with Crippen LogP contribution in [0.2, 0.25) is 0 Å². The number of nitrogens with one attached hydrogen (secondary N) is 1. The summed E-state index contributed by atoms with van der Waals surface area (Å²) in [5, 5.41) is 2.99. The summed E-state index contributed by atoms with van der Waals surface area (Å²) in [5.41, 5.74) is 7.67. The maximum atomic E-state index is 12.5. The van der Waals surface area contributed by atoms with Gasteiger partial charge in [0, 0.05) is 25.2 Å². The molecule has 2 fully saturated rings. The van der Waals surface area contributed by atoms with Gasteiger partial charge in [0.25, 0.3) is 0 Å². The normalized spacial score (nSPS) is 18.8. The summed E-state index contributed by atoms with van der Waals surface area (Å²) in [7, 11) is 0. The fraction of sp³-hybridized carbons (Fsp3) is 0.619. The third-order valence-corrected chi connectivity index (χ3v) is 5.84. The minimum Gasteiger partial charge on any atom is -0.378 e. The Morgan fingerprint density at radius 3 is 2.32 bits per heavy atom. The van der Waals surface area contributed by atoms with Crippen molar-refractivity contribution < 1.29 is 14.3 Å². The highest BCUT2D eigenvalue weighted by Crippen LogP contribution is 2.38. The van der Waals surface area contributed by atoms with Crippen LogP contribution in [-0.2, 0) is 20.7 Å². The quantitative estimate of drug-likeness (QED) is 0.756. The molecule has 0 radical (unpaired) electrons. The molecule has 28 heavy (non-hydrogen) atoms. The molecule has 2 aliphatic rings. The Hall–Kier alpha value is -1.63. The number of morpholine rings is 1. The molecular weight excluding hydrogens is 378 g/mol. The lowest BCUT2D eigenvalue weighted by molar-refractivity contribution is -0.134. The fourth-order valence-corrected chi connectivity index (χ4v) is 4.11. The maximum absolute atomic E-state index is 12.5. The molecule has 3 rings (SSSR count). The smallest absolute Gasteiger partial charge is 0.227 e. The van der Waals surface area contributed by atoms with E-state index in [4.69, 9.17) is 10.5 Å². The number of amides is 2. The van der Waals surface area contributed by atoms with Crippen molar-refractivity contribution in [2.24, 2.45) is 11.1 Å². The Balaban J connectivity index is 0.00000280. The van der Waals surface area contributed by atoms with Crippen molar-refractivity contribution in [2.75, 3.05) is 38.2 Å². The molecule has 1 aromatic rings. The molecule has 6 nitrogen and oxygen atoms in total. The van der Waals surface area contributed by atoms with Gasteiger partial charge in [-0.05, 0) is 42.5 Å². The molecule has 1 saturated heterocycles. The Kier molecular flexibility index (Phi) is 8.73. The van der Waals surface area contributed by atoms with Gasteiger partial charge >= 0.3 is 0 Å². The third kappa shape index (κ3) is 6.19. The van der Waals surface area contributed by atoms with Crippen LogP contribution < -0.4 is 11.1 Å². The summed E-state index contributed by atoms with van der Waals surface area (Å²) in [6.45, 7) is 3.12. The molecule has 3 N–H and O–H groups in total. The number of carbonyl (C=O) groups is 2. The number of halogens is 1. The van der Waals surface area contributed by atoms with E-state index in [0.29, 0.717) is 45.7 Å². The second-order valence-electron chi connectivity index (χ2n) is 7.86. The Morgan fingerprint density at radius 1 is 1.07 bits per heavy atom. The number of hydrogen-bond acceptors (Lipinski definition) is 4. The number of rotatable bonds is 6. The van der Waals surface area contributed by atoms with Gasteiger partial charge in [0.2, 0.25) is 11.8 Å². The zero-order valence-corrected chi connectivity index (χ0v) is 17.3. The topological polar surface area (TPSA) is 84.7 Å². The van der Waals surface area contributed by atoms with E-state index in [0.717, 1.165) is 36.9 Å². The molecule has 1 aromatic carbocycles. The van der Waals surface area contributed by atoms with E-state index in [9.17, 15) is 9.59 Å². The highest BCUT2D eigenvalue weighted by Gasteiger charge is 2.32. The minimum absolute atomic E-state index is 0. The van der Waals surface area contributed by atoms with Gasteiger partial charge in [0.1, 0.15) is 0 Å². The molecule has 1 aliphatic carbocycles. The first-order valence-electron chi connectivity index (χ1n) is 10.0. The minimum atomic E-state index is -0.0349. The Bertz CT molecular complexity index is 639. The van der Waals surface area contributed by atoms with Crippen LogP contribution in [0.15, 0.2) is 24.3 Å². The van der Waals surface area contributed by atoms with Gasteiger partial charge in [-0.3, -0.25) is 9.59 Å². The highest BCUT2D eigenvalue weighted by molar-refractivity contribution is 5.91. The van der Waals surface area contributed by atoms with Crippen molar-refractivity contribution in [3.05, 3.63) is 29.8 Å². The van der Waals surface area contributed by atoms with Crippen LogP contribution in [0.1, 0.15) is 44.1 Å². The fourth-order valence-electron chi connectivity index (χ4n) is 4.11. The molecule has 7 heteroatoms. The molecule has 1 heterocycles. The predicted molar refractivity (Wildman–Crippen MR) is 113 cm³/mol. The van der Waals surface area contributed by atoms with Crippen molar-refractivity contribution in [1.82, 2.24) is 4.90 Å². The van der Waals surface area contributed by atoms with E-state index in [2.05, 4.69) is 5.32 Å². The van der Waals surface area contributed by atoms with E-state index in [1.165, 1.54) is 6.42 Å². The number of carbonyl (C=O) groups excluding carboxylic acids is 2. The Labute approximate surface area is 173 Å². The SMILES string of the molecule is Cl.NCC1(CC(=O)Nc2ccc(CC(=O)N3CCOCC3)cc2)CCCCC1. The van der Waals surface area contributed by atoms with Crippen molar-refractivity contribution in [3.8, 4) is 0 Å². The zero-order chi connectivity index (χ0) is 19.1. The van der Waals surface area contributed by atoms with Crippen LogP contribution in [0.3, 0.4) is 0 Å². The molecule has 0 bridgehead atoms. The maximum Gasteiger partial charge on any atom is 0.227 e. The van der Waals surface area contributed by atoms with Crippen LogP contribution >= 0.6 is 12.4 Å². The summed E-state index contributed by atoms with van der Waals surface area (Å²) < 4.78 is 5.28. The molecule has 0 aromatic heterocycles. The first-order valence-corrected chi connectivity index (χ1v) is 10.0. The summed E-state index contributed by atoms with van der Waals surface area (Å²) in [4.78, 5) is 26.6. The van der Waals surface area contributed by atoms with Crippen molar-refractivity contribution in [1.29, 1.82) is 0 Å². The van der Waals surface area contributed by atoms with Crippen molar-refractivity contribution in [3.63, 3.8) is 0 Å². The second-order valence-corrected chi connectivity index (χ2v) is 7.86. The van der Waals surface area contributed by atoms with Gasteiger partial charge < -0.3 is 20.7 Å². The molecule has 1 saturated carbocycles. The summed E-state index contributed by atoms with van der Waals surface area (Å²) in [5.74, 6) is 0.150. The van der Waals surface area contributed by atoms with E-state index < -0.39 is 0 Å². The number of hydrogen-bond donors (Lipinski definition) is 2. The average molecular weight is 410 g/mol. The molecule has 2 amide bonds. The summed E-state index contributed by atoms with van der Waals surface area (Å²) in [6, 6.07) is 7.56. The van der Waals surface area contributed by atoms with Crippen LogP contribution in [0.5, 0.6) is 0 Å². The number of nitrogens with two attached hydrogens (primary N) is 1. The lowest BCUT2D eigenvalue weighted by Crippen LogP contribution is -2.41. The van der Waals surface area contributed by atoms with Crippen LogP contribution in [0.4, 0.5) is 5.69 Å². The van der Waals surface area contributed by atoms with Crippen LogP contribution in [-0.4, -0.2) is 49.6 Å². The van der Waals surface area contributed by atoms with Crippen molar-refractivity contribution in [2.45, 2.75) is 44.9 Å². The molecular formula is C21H32ClN3O3. The van der Waals surface area contributed by atoms with Gasteiger partial charge in [-0.15, -0.1) is 12.4 Å². The van der Waals surface area contributed by atoms with E-state index in [1.54, 1.807) is 0 Å². The second kappa shape index (κ2) is 10.8. The monoisotopic (exact) mass is 409 g/mol. The number of anilines is 1. The Morgan fingerprint density at radius 2 is 1.71 bits per heavy atom.